The van der Waals surface area contributed by atoms with Gasteiger partial charge in [-0.3, -0.25) is 9.36 Å². The number of hydrogen-bond donors (Lipinski definition) is 2. The molecule has 15 heavy (non-hydrogen) atoms. The Labute approximate surface area is 92.6 Å². The zero-order chi connectivity index (χ0) is 11.3. The van der Waals surface area contributed by atoms with Crippen LogP contribution in [0.3, 0.4) is 0 Å². The van der Waals surface area contributed by atoms with E-state index in [0.717, 1.165) is 6.42 Å². The zero-order valence-electron chi connectivity index (χ0n) is 8.86. The van der Waals surface area contributed by atoms with Crippen LogP contribution >= 0.6 is 11.8 Å². The van der Waals surface area contributed by atoms with Gasteiger partial charge in [-0.25, -0.2) is 0 Å². The molecule has 0 unspecified atom stereocenters. The van der Waals surface area contributed by atoms with Crippen LogP contribution in [0.5, 0.6) is 0 Å². The van der Waals surface area contributed by atoms with Crippen LogP contribution in [0, 0.1) is 0 Å². The van der Waals surface area contributed by atoms with E-state index in [9.17, 15) is 4.79 Å². The summed E-state index contributed by atoms with van der Waals surface area (Å²) in [6.07, 6.45) is 0.938. The van der Waals surface area contributed by atoms with Crippen molar-refractivity contribution in [2.24, 2.45) is 7.05 Å². The summed E-state index contributed by atoms with van der Waals surface area (Å²) >= 11 is 1.32. The first kappa shape index (κ1) is 11.8. The predicted molar refractivity (Wildman–Crippen MR) is 59.4 cm³/mol. The molecule has 0 aliphatic heterocycles. The minimum atomic E-state index is 0.00317. The second-order valence-electron chi connectivity index (χ2n) is 3.04. The Bertz CT molecular complexity index is 338. The molecule has 0 fully saturated rings. The molecule has 1 aromatic heterocycles. The summed E-state index contributed by atoms with van der Waals surface area (Å²) < 4.78 is 1.65. The Hall–Kier alpha value is -1.24. The van der Waals surface area contributed by atoms with Gasteiger partial charge in [-0.1, -0.05) is 18.7 Å². The number of anilines is 1. The largest absolute Gasteiger partial charge is 0.368 e. The van der Waals surface area contributed by atoms with Crippen LogP contribution in [-0.4, -0.2) is 33.0 Å². The maximum Gasteiger partial charge on any atom is 0.230 e. The van der Waals surface area contributed by atoms with Gasteiger partial charge in [-0.05, 0) is 6.42 Å². The molecule has 1 heterocycles. The average molecular weight is 229 g/mol. The number of nitrogens with two attached hydrogens (primary N) is 1. The molecular formula is C8H15N5OS. The maximum absolute atomic E-state index is 11.3. The molecule has 0 aromatic carbocycles. The molecule has 0 spiro atoms. The molecule has 0 saturated heterocycles. The number of nitrogens with zero attached hydrogens (tertiary/aromatic N) is 3. The van der Waals surface area contributed by atoms with E-state index in [1.165, 1.54) is 11.8 Å². The molecule has 7 heteroatoms. The normalized spacial score (nSPS) is 10.3. The summed E-state index contributed by atoms with van der Waals surface area (Å²) in [4.78, 5) is 11.3. The third kappa shape index (κ3) is 3.43. The Morgan fingerprint density at radius 1 is 1.60 bits per heavy atom. The van der Waals surface area contributed by atoms with Gasteiger partial charge in [0.1, 0.15) is 0 Å². The van der Waals surface area contributed by atoms with Gasteiger partial charge < -0.3 is 11.1 Å². The summed E-state index contributed by atoms with van der Waals surface area (Å²) in [6.45, 7) is 2.72. The quantitative estimate of drug-likeness (QED) is 0.695. The highest BCUT2D eigenvalue weighted by molar-refractivity contribution is 7.99. The average Bonchev–Trinajstić information content (AvgIpc) is 2.54. The fourth-order valence-corrected chi connectivity index (χ4v) is 1.65. The monoisotopic (exact) mass is 229 g/mol. The number of carbonyl (C=O) groups is 1. The third-order valence-electron chi connectivity index (χ3n) is 1.77. The van der Waals surface area contributed by atoms with E-state index in [-0.39, 0.29) is 5.91 Å². The van der Waals surface area contributed by atoms with Crippen LogP contribution in [0.4, 0.5) is 5.95 Å². The maximum atomic E-state index is 11.3. The van der Waals surface area contributed by atoms with E-state index in [2.05, 4.69) is 15.5 Å². The lowest BCUT2D eigenvalue weighted by molar-refractivity contribution is -0.118. The van der Waals surface area contributed by atoms with E-state index in [0.29, 0.717) is 23.4 Å². The molecule has 0 aliphatic carbocycles. The Balaban J connectivity index is 2.37. The van der Waals surface area contributed by atoms with Crippen LogP contribution in [0.15, 0.2) is 5.16 Å². The lowest BCUT2D eigenvalue weighted by atomic mass is 10.5. The fourth-order valence-electron chi connectivity index (χ4n) is 0.897. The Morgan fingerprint density at radius 3 is 2.87 bits per heavy atom. The minimum absolute atomic E-state index is 0.00317. The fraction of sp³-hybridized carbons (Fsp3) is 0.625. The van der Waals surface area contributed by atoms with Gasteiger partial charge in [-0.2, -0.15) is 0 Å². The summed E-state index contributed by atoms with van der Waals surface area (Å²) in [5, 5.41) is 11.0. The molecule has 6 nitrogen and oxygen atoms in total. The molecule has 1 amide bonds. The van der Waals surface area contributed by atoms with Crippen molar-refractivity contribution in [2.45, 2.75) is 18.5 Å². The van der Waals surface area contributed by atoms with Crippen molar-refractivity contribution >= 4 is 23.6 Å². The molecule has 0 saturated carbocycles. The molecule has 0 radical (unpaired) electrons. The van der Waals surface area contributed by atoms with Crippen molar-refractivity contribution in [1.29, 1.82) is 0 Å². The van der Waals surface area contributed by atoms with Crippen LogP contribution in [0.25, 0.3) is 0 Å². The summed E-state index contributed by atoms with van der Waals surface area (Å²) in [7, 11) is 1.77. The molecule has 0 atom stereocenters. The minimum Gasteiger partial charge on any atom is -0.368 e. The van der Waals surface area contributed by atoms with Gasteiger partial charge >= 0.3 is 0 Å². The van der Waals surface area contributed by atoms with Crippen molar-refractivity contribution in [1.82, 2.24) is 20.1 Å². The smallest absolute Gasteiger partial charge is 0.230 e. The van der Waals surface area contributed by atoms with Crippen molar-refractivity contribution in [3.05, 3.63) is 0 Å². The molecule has 1 aromatic rings. The number of amides is 1. The molecule has 1 rings (SSSR count). The predicted octanol–water partition coefficient (Wildman–Crippen LogP) is 0.0156. The first-order valence-corrected chi connectivity index (χ1v) is 5.68. The molecule has 0 aliphatic rings. The number of rotatable bonds is 5. The lowest BCUT2D eigenvalue weighted by Crippen LogP contribution is -2.25. The summed E-state index contributed by atoms with van der Waals surface area (Å²) in [5.41, 5.74) is 5.50. The SMILES string of the molecule is CCCNC(=O)CSc1nnc(N)n1C. The molecule has 0 bridgehead atoms. The van der Waals surface area contributed by atoms with Crippen molar-refractivity contribution in [3.63, 3.8) is 0 Å². The number of hydrogen-bond acceptors (Lipinski definition) is 5. The first-order chi connectivity index (χ1) is 7.15. The number of aromatic nitrogens is 3. The van der Waals surface area contributed by atoms with Crippen molar-refractivity contribution in [3.8, 4) is 0 Å². The number of thioether (sulfide) groups is 1. The highest BCUT2D eigenvalue weighted by Gasteiger charge is 2.08. The van der Waals surface area contributed by atoms with Gasteiger partial charge in [0.15, 0.2) is 5.16 Å². The number of nitrogen functional groups attached to an aromatic ring is 1. The molecular weight excluding hydrogens is 214 g/mol. The van der Waals surface area contributed by atoms with E-state index in [1.807, 2.05) is 6.92 Å². The van der Waals surface area contributed by atoms with Crippen molar-refractivity contribution in [2.75, 3.05) is 18.0 Å². The zero-order valence-corrected chi connectivity index (χ0v) is 9.67. The second-order valence-corrected chi connectivity index (χ2v) is 3.98. The summed E-state index contributed by atoms with van der Waals surface area (Å²) in [6, 6.07) is 0. The lowest BCUT2D eigenvalue weighted by Gasteiger charge is -2.02. The molecule has 84 valence electrons. The number of carbonyl (C=O) groups excluding carboxylic acids is 1. The van der Waals surface area contributed by atoms with Crippen LogP contribution in [0.1, 0.15) is 13.3 Å². The standard InChI is InChI=1S/C8H15N5OS/c1-3-4-10-6(14)5-15-8-12-11-7(9)13(8)2/h3-5H2,1-2H3,(H2,9,11)(H,10,14). The summed E-state index contributed by atoms with van der Waals surface area (Å²) in [5.74, 6) is 0.696. The number of nitrogens with one attached hydrogen (secondary N) is 1. The van der Waals surface area contributed by atoms with Crippen LogP contribution < -0.4 is 11.1 Å². The van der Waals surface area contributed by atoms with Crippen LogP contribution in [0.2, 0.25) is 0 Å². The second kappa shape index (κ2) is 5.59. The first-order valence-electron chi connectivity index (χ1n) is 4.69. The molecule has 3 N–H and O–H groups in total. The van der Waals surface area contributed by atoms with Crippen LogP contribution in [-0.2, 0) is 11.8 Å². The Kier molecular flexibility index (Phi) is 4.41. The van der Waals surface area contributed by atoms with Gasteiger partial charge in [0.25, 0.3) is 0 Å². The van der Waals surface area contributed by atoms with Gasteiger partial charge in [0.2, 0.25) is 11.9 Å². The highest BCUT2D eigenvalue weighted by Crippen LogP contribution is 2.15. The third-order valence-corrected chi connectivity index (χ3v) is 2.79. The topological polar surface area (TPSA) is 85.8 Å². The van der Waals surface area contributed by atoms with E-state index in [1.54, 1.807) is 11.6 Å². The van der Waals surface area contributed by atoms with E-state index < -0.39 is 0 Å². The van der Waals surface area contributed by atoms with Crippen molar-refractivity contribution < 1.29 is 4.79 Å². The van der Waals surface area contributed by atoms with Gasteiger partial charge in [-0.15, -0.1) is 10.2 Å². The van der Waals surface area contributed by atoms with Gasteiger partial charge in [0, 0.05) is 13.6 Å². The Morgan fingerprint density at radius 2 is 2.33 bits per heavy atom. The van der Waals surface area contributed by atoms with E-state index >= 15 is 0 Å². The van der Waals surface area contributed by atoms with E-state index in [4.69, 9.17) is 5.73 Å². The van der Waals surface area contributed by atoms with Gasteiger partial charge in [0.05, 0.1) is 5.75 Å². The highest BCUT2D eigenvalue weighted by atomic mass is 32.2.